The quantitative estimate of drug-likeness (QED) is 0.0832. The first-order chi connectivity index (χ1) is 19.8. The number of hydrogen-bond donors (Lipinski definition) is 3. The van der Waals surface area contributed by atoms with Crippen molar-refractivity contribution in [3.8, 4) is 34.2 Å². The maximum absolute atomic E-state index is 14.4. The van der Waals surface area contributed by atoms with Crippen LogP contribution in [0.2, 0.25) is 0 Å². The van der Waals surface area contributed by atoms with E-state index in [9.17, 15) is 32.6 Å². The maximum atomic E-state index is 14.4. The number of azo groups is 1. The third-order valence-electron chi connectivity index (χ3n) is 6.71. The summed E-state index contributed by atoms with van der Waals surface area (Å²) >= 11 is 0. The number of benzene rings is 4. The molecule has 0 aliphatic carbocycles. The molecular weight excluding hydrogens is 558 g/mol. The molecule has 0 radical (unpaired) electrons. The number of ether oxygens (including phenoxy) is 1. The van der Waals surface area contributed by atoms with Crippen LogP contribution < -0.4 is 4.74 Å². The van der Waals surface area contributed by atoms with Crippen molar-refractivity contribution < 1.29 is 42.4 Å². The van der Waals surface area contributed by atoms with Crippen molar-refractivity contribution in [1.29, 1.82) is 0 Å². The lowest BCUT2D eigenvalue weighted by Crippen LogP contribution is -2.05. The number of fused-ring (bicyclic) bond motifs is 1. The number of aromatic hydroxyl groups is 2. The number of hydrogen-bond acceptors (Lipinski definition) is 6. The second-order valence-electron chi connectivity index (χ2n) is 9.39. The number of alkyl halides is 3. The summed E-state index contributed by atoms with van der Waals surface area (Å²) in [7, 11) is 0. The number of para-hydroxylation sites is 1. The highest BCUT2D eigenvalue weighted by molar-refractivity contribution is 5.97. The predicted molar refractivity (Wildman–Crippen MR) is 146 cm³/mol. The molecular formula is C30H21F4N3O5. The Hall–Kier alpha value is -5.39. The van der Waals surface area contributed by atoms with Gasteiger partial charge in [-0.25, -0.2) is 9.18 Å². The standard InChI is InChI=1S/C30H21F4N3O5/c1-15-6-9-19(12-16(15)2)37-24-14-18(30(32,33)34)8-10-21(24)26(28(37)39)36-35-23-5-3-4-20(27(23)38)17-7-11-25(22(31)13-17)42-29(40)41/h3-14,38-39H,1-2H3,(H,40,41). The van der Waals surface area contributed by atoms with Crippen molar-refractivity contribution >= 4 is 28.4 Å². The molecule has 1 heterocycles. The summed E-state index contributed by atoms with van der Waals surface area (Å²) in [5.74, 6) is -2.39. The Labute approximate surface area is 235 Å². The van der Waals surface area contributed by atoms with E-state index in [4.69, 9.17) is 5.11 Å². The van der Waals surface area contributed by atoms with E-state index < -0.39 is 41.1 Å². The number of halogens is 4. The molecule has 0 amide bonds. The topological polar surface area (TPSA) is 117 Å². The smallest absolute Gasteiger partial charge is 0.505 e. The number of aryl methyl sites for hydroxylation is 2. The third-order valence-corrected chi connectivity index (χ3v) is 6.71. The molecule has 0 fully saturated rings. The van der Waals surface area contributed by atoms with Gasteiger partial charge < -0.3 is 20.1 Å². The molecule has 0 atom stereocenters. The van der Waals surface area contributed by atoms with Gasteiger partial charge in [0.15, 0.2) is 23.0 Å². The van der Waals surface area contributed by atoms with Gasteiger partial charge >= 0.3 is 12.3 Å². The summed E-state index contributed by atoms with van der Waals surface area (Å²) in [6, 6.07) is 15.8. The number of nitrogens with zero attached hydrogens (tertiary/aromatic N) is 3. The Morgan fingerprint density at radius 1 is 0.905 bits per heavy atom. The van der Waals surface area contributed by atoms with Crippen molar-refractivity contribution in [3.05, 3.63) is 95.3 Å². The minimum Gasteiger partial charge on any atom is -0.505 e. The fraction of sp³-hybridized carbons (Fsp3) is 0.100. The van der Waals surface area contributed by atoms with Crippen LogP contribution in [0.25, 0.3) is 27.7 Å². The highest BCUT2D eigenvalue weighted by Gasteiger charge is 2.32. The van der Waals surface area contributed by atoms with Crippen molar-refractivity contribution in [2.45, 2.75) is 20.0 Å². The molecule has 1 aromatic heterocycles. The highest BCUT2D eigenvalue weighted by Crippen LogP contribution is 2.45. The van der Waals surface area contributed by atoms with Gasteiger partial charge in [-0.05, 0) is 79.1 Å². The number of rotatable bonds is 5. The molecule has 4 aromatic carbocycles. The Balaban J connectivity index is 1.61. The number of phenolic OH excluding ortho intramolecular Hbond substituents is 1. The van der Waals surface area contributed by atoms with E-state index >= 15 is 0 Å². The molecule has 8 nitrogen and oxygen atoms in total. The number of carbonyl (C=O) groups is 1. The van der Waals surface area contributed by atoms with Crippen molar-refractivity contribution in [2.24, 2.45) is 10.2 Å². The zero-order valence-corrected chi connectivity index (χ0v) is 21.9. The van der Waals surface area contributed by atoms with Crippen LogP contribution in [0.15, 0.2) is 83.0 Å². The molecule has 0 aliphatic heterocycles. The maximum Gasteiger partial charge on any atom is 0.511 e. The molecule has 0 bridgehead atoms. The molecule has 5 aromatic rings. The van der Waals surface area contributed by atoms with Crippen LogP contribution in [0.1, 0.15) is 16.7 Å². The molecule has 42 heavy (non-hydrogen) atoms. The average molecular weight is 580 g/mol. The third kappa shape index (κ3) is 5.21. The first-order valence-electron chi connectivity index (χ1n) is 12.3. The molecule has 12 heteroatoms. The van der Waals surface area contributed by atoms with Gasteiger partial charge in [-0.15, -0.1) is 10.2 Å². The van der Waals surface area contributed by atoms with Crippen LogP contribution in [-0.4, -0.2) is 26.0 Å². The summed E-state index contributed by atoms with van der Waals surface area (Å²) in [5.41, 5.74) is 1.41. The Morgan fingerprint density at radius 3 is 2.33 bits per heavy atom. The molecule has 0 saturated heterocycles. The fourth-order valence-corrected chi connectivity index (χ4v) is 4.45. The lowest BCUT2D eigenvalue weighted by molar-refractivity contribution is -0.137. The molecule has 0 unspecified atom stereocenters. The van der Waals surface area contributed by atoms with Crippen molar-refractivity contribution in [1.82, 2.24) is 4.57 Å². The zero-order valence-electron chi connectivity index (χ0n) is 21.9. The summed E-state index contributed by atoms with van der Waals surface area (Å²) in [4.78, 5) is 10.7. The molecule has 0 aliphatic rings. The van der Waals surface area contributed by atoms with E-state index in [0.29, 0.717) is 5.69 Å². The van der Waals surface area contributed by atoms with Gasteiger partial charge in [-0.2, -0.15) is 13.2 Å². The molecule has 214 valence electrons. The number of aromatic nitrogens is 1. The SMILES string of the molecule is Cc1ccc(-n2c(O)c(N=Nc3cccc(-c4ccc(OC(=O)O)c(F)c4)c3O)c3ccc(C(F)(F)F)cc32)cc1C. The van der Waals surface area contributed by atoms with Crippen molar-refractivity contribution in [3.63, 3.8) is 0 Å². The summed E-state index contributed by atoms with van der Waals surface area (Å²) in [6.45, 7) is 3.71. The fourth-order valence-electron chi connectivity index (χ4n) is 4.45. The number of carboxylic acid groups (broad SMARTS) is 1. The first-order valence-corrected chi connectivity index (χ1v) is 12.3. The van der Waals surface area contributed by atoms with Crippen LogP contribution in [0.5, 0.6) is 17.4 Å². The van der Waals surface area contributed by atoms with E-state index in [0.717, 1.165) is 35.4 Å². The molecule has 5 rings (SSSR count). The summed E-state index contributed by atoms with van der Waals surface area (Å²) in [6.07, 6.45) is -6.32. The largest absolute Gasteiger partial charge is 0.511 e. The first kappa shape index (κ1) is 28.1. The van der Waals surface area contributed by atoms with E-state index in [2.05, 4.69) is 15.0 Å². The summed E-state index contributed by atoms with van der Waals surface area (Å²) in [5, 5.41) is 39.1. The van der Waals surface area contributed by atoms with Crippen LogP contribution in [0.4, 0.5) is 33.7 Å². The number of phenols is 1. The lowest BCUT2D eigenvalue weighted by atomic mass is 10.0. The van der Waals surface area contributed by atoms with Crippen molar-refractivity contribution in [2.75, 3.05) is 0 Å². The minimum absolute atomic E-state index is 0.0386. The second kappa shape index (κ2) is 10.5. The second-order valence-corrected chi connectivity index (χ2v) is 9.39. The van der Waals surface area contributed by atoms with E-state index in [1.165, 1.54) is 34.9 Å². The van der Waals surface area contributed by atoms with Crippen LogP contribution >= 0.6 is 0 Å². The van der Waals surface area contributed by atoms with Gasteiger partial charge in [-0.3, -0.25) is 4.57 Å². The van der Waals surface area contributed by atoms with Crippen LogP contribution in [0.3, 0.4) is 0 Å². The lowest BCUT2D eigenvalue weighted by Gasteiger charge is -2.11. The monoisotopic (exact) mass is 579 g/mol. The zero-order chi connectivity index (χ0) is 30.3. The Kier molecular flexibility index (Phi) is 7.07. The Morgan fingerprint density at radius 2 is 1.67 bits per heavy atom. The van der Waals surface area contributed by atoms with E-state index in [-0.39, 0.29) is 33.4 Å². The van der Waals surface area contributed by atoms with E-state index in [1.807, 2.05) is 13.8 Å². The van der Waals surface area contributed by atoms with Crippen LogP contribution in [0, 0.1) is 19.7 Å². The van der Waals surface area contributed by atoms with Gasteiger partial charge in [0.1, 0.15) is 5.69 Å². The van der Waals surface area contributed by atoms with Gasteiger partial charge in [0.25, 0.3) is 0 Å². The molecule has 0 spiro atoms. The highest BCUT2D eigenvalue weighted by atomic mass is 19.4. The van der Waals surface area contributed by atoms with Crippen LogP contribution in [-0.2, 0) is 6.18 Å². The predicted octanol–water partition coefficient (Wildman–Crippen LogP) is 8.96. The normalized spacial score (nSPS) is 11.9. The molecule has 0 saturated carbocycles. The van der Waals surface area contributed by atoms with Gasteiger partial charge in [-0.1, -0.05) is 24.3 Å². The minimum atomic E-state index is -4.63. The van der Waals surface area contributed by atoms with Gasteiger partial charge in [0, 0.05) is 16.6 Å². The Bertz CT molecular complexity index is 1900. The average Bonchev–Trinajstić information content (AvgIpc) is 3.20. The van der Waals surface area contributed by atoms with Gasteiger partial charge in [0.2, 0.25) is 5.88 Å². The summed E-state index contributed by atoms with van der Waals surface area (Å²) < 4.78 is 60.7. The van der Waals surface area contributed by atoms with E-state index in [1.54, 1.807) is 18.2 Å². The molecule has 3 N–H and O–H groups in total. The van der Waals surface area contributed by atoms with Gasteiger partial charge in [0.05, 0.1) is 11.1 Å².